The fraction of sp³-hybridized carbons (Fsp3) is 0.350. The van der Waals surface area contributed by atoms with Crippen LogP contribution in [0.1, 0.15) is 32.3 Å². The van der Waals surface area contributed by atoms with Gasteiger partial charge in [0.1, 0.15) is 5.75 Å². The highest BCUT2D eigenvalue weighted by Gasteiger charge is 2.26. The van der Waals surface area contributed by atoms with E-state index in [9.17, 15) is 4.79 Å². The van der Waals surface area contributed by atoms with Crippen molar-refractivity contribution in [1.29, 1.82) is 0 Å². The molecule has 1 amide bonds. The molecule has 0 radical (unpaired) electrons. The van der Waals surface area contributed by atoms with E-state index in [2.05, 4.69) is 5.32 Å². The van der Waals surface area contributed by atoms with Crippen molar-refractivity contribution in [3.05, 3.63) is 54.1 Å². The number of nitrogens with one attached hydrogen (secondary N) is 1. The smallest absolute Gasteiger partial charge is 0.240 e. The molecule has 2 rings (SSSR count). The van der Waals surface area contributed by atoms with Crippen LogP contribution in [0.4, 0.5) is 0 Å². The highest BCUT2D eigenvalue weighted by atomic mass is 16.5. The van der Waals surface area contributed by atoms with Crippen LogP contribution in [-0.2, 0) is 11.3 Å². The maximum Gasteiger partial charge on any atom is 0.240 e. The van der Waals surface area contributed by atoms with E-state index in [1.807, 2.05) is 55.5 Å². The van der Waals surface area contributed by atoms with Crippen molar-refractivity contribution in [2.45, 2.75) is 38.8 Å². The molecule has 0 saturated carbocycles. The Morgan fingerprint density at radius 2 is 1.76 bits per heavy atom. The average molecular weight is 342 g/mol. The van der Waals surface area contributed by atoms with E-state index in [4.69, 9.17) is 15.2 Å². The van der Waals surface area contributed by atoms with Gasteiger partial charge in [0.25, 0.3) is 0 Å². The molecule has 2 aromatic rings. The Hall–Kier alpha value is -2.53. The maximum absolute atomic E-state index is 12.1. The number of ether oxygens (including phenoxy) is 2. The first-order chi connectivity index (χ1) is 12.0. The zero-order chi connectivity index (χ0) is 18.3. The summed E-state index contributed by atoms with van der Waals surface area (Å²) in [6.45, 7) is 4.21. The zero-order valence-corrected chi connectivity index (χ0v) is 15.0. The Balaban J connectivity index is 1.95. The third-order valence-electron chi connectivity index (χ3n) is 3.96. The number of carbonyl (C=O) groups excluding carboxylic acids is 1. The Labute approximate surface area is 149 Å². The number of nitrogens with two attached hydrogens (primary N) is 1. The van der Waals surface area contributed by atoms with E-state index in [-0.39, 0.29) is 5.91 Å². The van der Waals surface area contributed by atoms with Gasteiger partial charge in [-0.1, -0.05) is 37.6 Å². The molecule has 0 aliphatic heterocycles. The van der Waals surface area contributed by atoms with Crippen LogP contribution in [0.15, 0.2) is 48.5 Å². The van der Waals surface area contributed by atoms with Gasteiger partial charge in [-0.15, -0.1) is 0 Å². The van der Waals surface area contributed by atoms with Gasteiger partial charge >= 0.3 is 0 Å². The van der Waals surface area contributed by atoms with E-state index in [0.717, 1.165) is 12.0 Å². The molecule has 3 N–H and O–H groups in total. The summed E-state index contributed by atoms with van der Waals surface area (Å²) in [4.78, 5) is 12.1. The predicted octanol–water partition coefficient (Wildman–Crippen LogP) is 3.62. The summed E-state index contributed by atoms with van der Waals surface area (Å²) in [7, 11) is 1.61. The standard InChI is InChI=1S/C20H26N2O3/c1-4-13-20(2,21)19(23)22-14-15-9-11-16(12-10-15)25-18-8-6-5-7-17(18)24-3/h5-12H,4,13-14,21H2,1-3H3,(H,22,23). The monoisotopic (exact) mass is 342 g/mol. The molecule has 0 bridgehead atoms. The number of benzene rings is 2. The highest BCUT2D eigenvalue weighted by Crippen LogP contribution is 2.30. The van der Waals surface area contributed by atoms with Crippen molar-refractivity contribution < 1.29 is 14.3 Å². The summed E-state index contributed by atoms with van der Waals surface area (Å²) < 4.78 is 11.1. The van der Waals surface area contributed by atoms with Gasteiger partial charge < -0.3 is 20.5 Å². The van der Waals surface area contributed by atoms with Crippen LogP contribution in [0.2, 0.25) is 0 Å². The number of carbonyl (C=O) groups is 1. The number of para-hydroxylation sites is 2. The Bertz CT molecular complexity index is 696. The van der Waals surface area contributed by atoms with Crippen molar-refractivity contribution in [3.8, 4) is 17.2 Å². The van der Waals surface area contributed by atoms with Crippen LogP contribution in [-0.4, -0.2) is 18.6 Å². The van der Waals surface area contributed by atoms with Gasteiger partial charge in [-0.2, -0.15) is 0 Å². The fourth-order valence-corrected chi connectivity index (χ4v) is 2.52. The molecule has 0 aliphatic rings. The maximum atomic E-state index is 12.1. The second-order valence-electron chi connectivity index (χ2n) is 6.25. The number of amides is 1. The molecule has 0 aliphatic carbocycles. The van der Waals surface area contributed by atoms with Crippen LogP contribution in [0, 0.1) is 0 Å². The van der Waals surface area contributed by atoms with Gasteiger partial charge in [0.2, 0.25) is 5.91 Å². The molecule has 0 fully saturated rings. The molecule has 0 saturated heterocycles. The van der Waals surface area contributed by atoms with Crippen molar-refractivity contribution in [2.75, 3.05) is 7.11 Å². The van der Waals surface area contributed by atoms with E-state index >= 15 is 0 Å². The molecular weight excluding hydrogens is 316 g/mol. The third kappa shape index (κ3) is 5.22. The molecule has 2 aromatic carbocycles. The Kier molecular flexibility index (Phi) is 6.42. The first kappa shape index (κ1) is 18.8. The molecule has 1 unspecified atom stereocenters. The van der Waals surface area contributed by atoms with Gasteiger partial charge in [0.05, 0.1) is 12.6 Å². The lowest BCUT2D eigenvalue weighted by Crippen LogP contribution is -2.51. The molecule has 134 valence electrons. The molecule has 0 aromatic heterocycles. The van der Waals surface area contributed by atoms with Gasteiger partial charge in [0.15, 0.2) is 11.5 Å². The van der Waals surface area contributed by atoms with E-state index in [0.29, 0.717) is 30.2 Å². The molecule has 5 heteroatoms. The van der Waals surface area contributed by atoms with Crippen LogP contribution >= 0.6 is 0 Å². The second kappa shape index (κ2) is 8.53. The van der Waals surface area contributed by atoms with Crippen molar-refractivity contribution in [3.63, 3.8) is 0 Å². The van der Waals surface area contributed by atoms with Gasteiger partial charge in [-0.05, 0) is 43.2 Å². The summed E-state index contributed by atoms with van der Waals surface area (Å²) in [5.41, 5.74) is 6.18. The lowest BCUT2D eigenvalue weighted by atomic mass is 9.96. The summed E-state index contributed by atoms with van der Waals surface area (Å²) >= 11 is 0. The topological polar surface area (TPSA) is 73.6 Å². The van der Waals surface area contributed by atoms with Crippen molar-refractivity contribution >= 4 is 5.91 Å². The zero-order valence-electron chi connectivity index (χ0n) is 15.0. The van der Waals surface area contributed by atoms with Crippen LogP contribution in [0.3, 0.4) is 0 Å². The van der Waals surface area contributed by atoms with Gasteiger partial charge in [-0.25, -0.2) is 0 Å². The van der Waals surface area contributed by atoms with E-state index in [1.54, 1.807) is 14.0 Å². The van der Waals surface area contributed by atoms with Crippen molar-refractivity contribution in [1.82, 2.24) is 5.32 Å². The first-order valence-electron chi connectivity index (χ1n) is 8.43. The number of methoxy groups -OCH3 is 1. The molecule has 1 atom stereocenters. The van der Waals surface area contributed by atoms with E-state index < -0.39 is 5.54 Å². The lowest BCUT2D eigenvalue weighted by molar-refractivity contribution is -0.126. The predicted molar refractivity (Wildman–Crippen MR) is 98.9 cm³/mol. The SMILES string of the molecule is CCCC(C)(N)C(=O)NCc1ccc(Oc2ccccc2OC)cc1. The lowest BCUT2D eigenvalue weighted by Gasteiger charge is -2.22. The Morgan fingerprint density at radius 3 is 2.36 bits per heavy atom. The molecule has 5 nitrogen and oxygen atoms in total. The average Bonchev–Trinajstić information content (AvgIpc) is 2.61. The minimum Gasteiger partial charge on any atom is -0.493 e. The Morgan fingerprint density at radius 1 is 1.12 bits per heavy atom. The minimum atomic E-state index is -0.832. The van der Waals surface area contributed by atoms with Crippen LogP contribution < -0.4 is 20.5 Å². The number of hydrogen-bond acceptors (Lipinski definition) is 4. The molecule has 25 heavy (non-hydrogen) atoms. The quantitative estimate of drug-likeness (QED) is 0.768. The summed E-state index contributed by atoms with van der Waals surface area (Å²) in [5, 5.41) is 2.89. The van der Waals surface area contributed by atoms with Crippen LogP contribution in [0.25, 0.3) is 0 Å². The van der Waals surface area contributed by atoms with Crippen molar-refractivity contribution in [2.24, 2.45) is 5.73 Å². The molecule has 0 heterocycles. The van der Waals surface area contributed by atoms with Gasteiger partial charge in [0, 0.05) is 6.54 Å². The normalized spacial score (nSPS) is 13.0. The number of rotatable bonds is 8. The molecular formula is C20H26N2O3. The minimum absolute atomic E-state index is 0.135. The van der Waals surface area contributed by atoms with Crippen LogP contribution in [0.5, 0.6) is 17.2 Å². The first-order valence-corrected chi connectivity index (χ1v) is 8.43. The number of hydrogen-bond donors (Lipinski definition) is 2. The highest BCUT2D eigenvalue weighted by molar-refractivity contribution is 5.85. The second-order valence-corrected chi connectivity index (χ2v) is 6.25. The summed E-state index contributed by atoms with van der Waals surface area (Å²) in [5.74, 6) is 1.90. The van der Waals surface area contributed by atoms with Gasteiger partial charge in [-0.3, -0.25) is 4.79 Å². The molecule has 0 spiro atoms. The summed E-state index contributed by atoms with van der Waals surface area (Å²) in [6.07, 6.45) is 1.53. The van der Waals surface area contributed by atoms with E-state index in [1.165, 1.54) is 0 Å². The largest absolute Gasteiger partial charge is 0.493 e. The fourth-order valence-electron chi connectivity index (χ4n) is 2.52. The summed E-state index contributed by atoms with van der Waals surface area (Å²) in [6, 6.07) is 15.0. The third-order valence-corrected chi connectivity index (χ3v) is 3.96.